The average molecular weight is 247 g/mol. The Balaban J connectivity index is 2.86. The number of hydrogen-bond donors (Lipinski definition) is 1. The summed E-state index contributed by atoms with van der Waals surface area (Å²) >= 11 is 0. The highest BCUT2D eigenvalue weighted by atomic mass is 32.2. The van der Waals surface area contributed by atoms with Crippen molar-refractivity contribution in [2.45, 2.75) is 25.3 Å². The van der Waals surface area contributed by atoms with Crippen LogP contribution in [-0.4, -0.2) is 38.5 Å². The van der Waals surface area contributed by atoms with Gasteiger partial charge in [-0.2, -0.15) is 5.10 Å². The summed E-state index contributed by atoms with van der Waals surface area (Å²) in [4.78, 5) is 0.227. The van der Waals surface area contributed by atoms with E-state index in [9.17, 15) is 8.42 Å². The van der Waals surface area contributed by atoms with Gasteiger partial charge in [0.25, 0.3) is 0 Å². The van der Waals surface area contributed by atoms with E-state index in [1.807, 2.05) is 6.92 Å². The smallest absolute Gasteiger partial charge is 0.244 e. The predicted octanol–water partition coefficient (Wildman–Crippen LogP) is 0.136. The number of aromatic nitrogens is 2. The largest absolute Gasteiger partial charge is 0.383 e. The van der Waals surface area contributed by atoms with Crippen molar-refractivity contribution in [1.29, 1.82) is 0 Å². The molecule has 7 heteroatoms. The first-order chi connectivity index (χ1) is 7.53. The van der Waals surface area contributed by atoms with Crippen LogP contribution in [0.1, 0.15) is 12.6 Å². The van der Waals surface area contributed by atoms with E-state index < -0.39 is 10.0 Å². The highest BCUT2D eigenvalue weighted by Gasteiger charge is 2.19. The molecule has 1 aromatic rings. The topological polar surface area (TPSA) is 73.2 Å². The molecule has 0 amide bonds. The number of nitrogens with one attached hydrogen (secondary N) is 1. The molecule has 1 aromatic heterocycles. The summed E-state index contributed by atoms with van der Waals surface area (Å²) in [5.74, 6) is 0. The van der Waals surface area contributed by atoms with E-state index in [-0.39, 0.29) is 11.4 Å². The number of methoxy groups -OCH3 is 1. The standard InChI is InChI=1S/C9H17N3O3S/c1-4-12-8(2)9(7-10-12)16(13,14)11-5-6-15-3/h7,11H,4-6H2,1-3H3. The van der Waals surface area contributed by atoms with Crippen molar-refractivity contribution in [1.82, 2.24) is 14.5 Å². The first-order valence-corrected chi connectivity index (χ1v) is 6.52. The van der Waals surface area contributed by atoms with Gasteiger partial charge in [0.15, 0.2) is 0 Å². The first kappa shape index (κ1) is 13.1. The fraction of sp³-hybridized carbons (Fsp3) is 0.667. The minimum atomic E-state index is -3.47. The van der Waals surface area contributed by atoms with E-state index >= 15 is 0 Å². The van der Waals surface area contributed by atoms with Crippen LogP contribution in [0.4, 0.5) is 0 Å². The highest BCUT2D eigenvalue weighted by molar-refractivity contribution is 7.89. The fourth-order valence-corrected chi connectivity index (χ4v) is 2.56. The van der Waals surface area contributed by atoms with E-state index in [1.54, 1.807) is 11.6 Å². The zero-order valence-electron chi connectivity index (χ0n) is 9.73. The number of nitrogens with zero attached hydrogens (tertiary/aromatic N) is 2. The summed E-state index contributed by atoms with van der Waals surface area (Å²) in [6.45, 7) is 4.91. The van der Waals surface area contributed by atoms with E-state index in [0.29, 0.717) is 18.8 Å². The van der Waals surface area contributed by atoms with Crippen LogP contribution in [0.5, 0.6) is 0 Å². The number of rotatable bonds is 6. The third kappa shape index (κ3) is 2.81. The molecule has 0 saturated heterocycles. The van der Waals surface area contributed by atoms with Crippen molar-refractivity contribution in [3.63, 3.8) is 0 Å². The van der Waals surface area contributed by atoms with Gasteiger partial charge in [-0.05, 0) is 13.8 Å². The molecule has 0 aliphatic carbocycles. The lowest BCUT2D eigenvalue weighted by Gasteiger charge is -2.05. The molecule has 16 heavy (non-hydrogen) atoms. The van der Waals surface area contributed by atoms with Gasteiger partial charge in [-0.15, -0.1) is 0 Å². The molecule has 1 N–H and O–H groups in total. The number of aryl methyl sites for hydroxylation is 1. The Labute approximate surface area is 95.7 Å². The molecule has 1 heterocycles. The Kier molecular flexibility index (Phi) is 4.45. The Morgan fingerprint density at radius 2 is 2.25 bits per heavy atom. The third-order valence-electron chi connectivity index (χ3n) is 2.25. The quantitative estimate of drug-likeness (QED) is 0.725. The van der Waals surface area contributed by atoms with Crippen molar-refractivity contribution in [2.75, 3.05) is 20.3 Å². The Morgan fingerprint density at radius 1 is 1.56 bits per heavy atom. The third-order valence-corrected chi connectivity index (χ3v) is 3.81. The van der Waals surface area contributed by atoms with Crippen LogP contribution in [0.3, 0.4) is 0 Å². The number of sulfonamides is 1. The molecule has 0 aromatic carbocycles. The van der Waals surface area contributed by atoms with Gasteiger partial charge in [-0.25, -0.2) is 13.1 Å². The Bertz CT molecular complexity index is 439. The molecule has 6 nitrogen and oxygen atoms in total. The SMILES string of the molecule is CCn1ncc(S(=O)(=O)NCCOC)c1C. The van der Waals surface area contributed by atoms with Crippen LogP contribution in [0.15, 0.2) is 11.1 Å². The van der Waals surface area contributed by atoms with Gasteiger partial charge in [-0.1, -0.05) is 0 Å². The minimum Gasteiger partial charge on any atom is -0.383 e. The van der Waals surface area contributed by atoms with E-state index in [1.165, 1.54) is 13.3 Å². The number of ether oxygens (including phenoxy) is 1. The molecular weight excluding hydrogens is 230 g/mol. The van der Waals surface area contributed by atoms with Crippen LogP contribution in [0, 0.1) is 6.92 Å². The van der Waals surface area contributed by atoms with Crippen molar-refractivity contribution in [2.24, 2.45) is 0 Å². The Morgan fingerprint density at radius 3 is 2.75 bits per heavy atom. The summed E-state index contributed by atoms with van der Waals surface area (Å²) in [6.07, 6.45) is 1.37. The molecule has 0 bridgehead atoms. The van der Waals surface area contributed by atoms with Crippen LogP contribution in [-0.2, 0) is 21.3 Å². The summed E-state index contributed by atoms with van der Waals surface area (Å²) in [7, 11) is -1.94. The lowest BCUT2D eigenvalue weighted by atomic mass is 10.5. The van der Waals surface area contributed by atoms with Gasteiger partial charge in [0.05, 0.1) is 18.5 Å². The monoisotopic (exact) mass is 247 g/mol. The van der Waals surface area contributed by atoms with Crippen molar-refractivity contribution in [3.8, 4) is 0 Å². The van der Waals surface area contributed by atoms with Gasteiger partial charge >= 0.3 is 0 Å². The molecule has 0 aliphatic rings. The molecular formula is C9H17N3O3S. The second-order valence-corrected chi connectivity index (χ2v) is 5.04. The highest BCUT2D eigenvalue weighted by Crippen LogP contribution is 2.13. The van der Waals surface area contributed by atoms with Crippen molar-refractivity contribution in [3.05, 3.63) is 11.9 Å². The lowest BCUT2D eigenvalue weighted by Crippen LogP contribution is -2.27. The molecule has 1 rings (SSSR count). The van der Waals surface area contributed by atoms with Gasteiger partial charge in [-0.3, -0.25) is 4.68 Å². The van der Waals surface area contributed by atoms with Gasteiger partial charge in [0, 0.05) is 20.2 Å². The van der Waals surface area contributed by atoms with Crippen molar-refractivity contribution >= 4 is 10.0 Å². The van der Waals surface area contributed by atoms with E-state index in [0.717, 1.165) is 0 Å². The maximum atomic E-state index is 11.8. The molecule has 0 unspecified atom stereocenters. The molecule has 0 saturated carbocycles. The minimum absolute atomic E-state index is 0.227. The molecule has 92 valence electrons. The van der Waals surface area contributed by atoms with Gasteiger partial charge in [0.2, 0.25) is 10.0 Å². The molecule has 0 atom stereocenters. The summed E-state index contributed by atoms with van der Waals surface area (Å²) in [5.41, 5.74) is 0.646. The summed E-state index contributed by atoms with van der Waals surface area (Å²) < 4.78 is 32.5. The van der Waals surface area contributed by atoms with Crippen LogP contribution < -0.4 is 4.72 Å². The zero-order valence-corrected chi connectivity index (χ0v) is 10.5. The summed E-state index contributed by atoms with van der Waals surface area (Å²) in [5, 5.41) is 3.99. The first-order valence-electron chi connectivity index (χ1n) is 5.04. The van der Waals surface area contributed by atoms with Crippen LogP contribution >= 0.6 is 0 Å². The second kappa shape index (κ2) is 5.42. The second-order valence-electron chi connectivity index (χ2n) is 3.30. The molecule has 0 aliphatic heterocycles. The maximum Gasteiger partial charge on any atom is 0.244 e. The van der Waals surface area contributed by atoms with Crippen molar-refractivity contribution < 1.29 is 13.2 Å². The normalized spacial score (nSPS) is 11.9. The predicted molar refractivity (Wildman–Crippen MR) is 59.7 cm³/mol. The number of hydrogen-bond acceptors (Lipinski definition) is 4. The zero-order chi connectivity index (χ0) is 12.2. The fourth-order valence-electron chi connectivity index (χ4n) is 1.37. The van der Waals surface area contributed by atoms with Crippen LogP contribution in [0.2, 0.25) is 0 Å². The lowest BCUT2D eigenvalue weighted by molar-refractivity contribution is 0.204. The van der Waals surface area contributed by atoms with Gasteiger partial charge in [0.1, 0.15) is 4.90 Å². The summed E-state index contributed by atoms with van der Waals surface area (Å²) in [6, 6.07) is 0. The maximum absolute atomic E-state index is 11.8. The van der Waals surface area contributed by atoms with Gasteiger partial charge < -0.3 is 4.74 Å². The average Bonchev–Trinajstić information content (AvgIpc) is 2.60. The Hall–Kier alpha value is -0.920. The molecule has 0 fully saturated rings. The van der Waals surface area contributed by atoms with E-state index in [2.05, 4.69) is 9.82 Å². The molecule has 0 radical (unpaired) electrons. The molecule has 0 spiro atoms. The van der Waals surface area contributed by atoms with Crippen LogP contribution in [0.25, 0.3) is 0 Å². The van der Waals surface area contributed by atoms with E-state index in [4.69, 9.17) is 4.74 Å².